The Morgan fingerprint density at radius 1 is 1.50 bits per heavy atom. The molecule has 5 N–H and O–H groups in total. The van der Waals surface area contributed by atoms with Crippen LogP contribution in [0.1, 0.15) is 26.7 Å². The van der Waals surface area contributed by atoms with Gasteiger partial charge in [0.25, 0.3) is 0 Å². The minimum Gasteiger partial charge on any atom is -0.370 e. The Balaban J connectivity index is 3.10. The zero-order valence-corrected chi connectivity index (χ0v) is 12.3. The van der Waals surface area contributed by atoms with Gasteiger partial charge in [-0.2, -0.15) is 4.99 Å². The van der Waals surface area contributed by atoms with Crippen LogP contribution >= 0.6 is 15.9 Å². The van der Waals surface area contributed by atoms with Gasteiger partial charge in [-0.3, -0.25) is 5.41 Å². The third-order valence-electron chi connectivity index (χ3n) is 2.45. The average Bonchev–Trinajstić information content (AvgIpc) is 2.36. The lowest BCUT2D eigenvalue weighted by atomic mass is 10.0. The molecule has 0 aromatic rings. The van der Waals surface area contributed by atoms with Crippen LogP contribution < -0.4 is 11.5 Å². The summed E-state index contributed by atoms with van der Waals surface area (Å²) in [5, 5.41) is 7.85. The number of rotatable bonds is 3. The number of nitrogens with zero attached hydrogens (tertiary/aromatic N) is 1. The van der Waals surface area contributed by atoms with Crippen molar-refractivity contribution in [1.29, 1.82) is 5.41 Å². The Morgan fingerprint density at radius 3 is 2.72 bits per heavy atom. The fourth-order valence-corrected chi connectivity index (χ4v) is 2.15. The summed E-state index contributed by atoms with van der Waals surface area (Å²) in [7, 11) is 0. The minimum absolute atomic E-state index is 0.0819. The highest BCUT2D eigenvalue weighted by atomic mass is 79.9. The van der Waals surface area contributed by atoms with E-state index < -0.39 is 0 Å². The van der Waals surface area contributed by atoms with E-state index >= 15 is 0 Å². The van der Waals surface area contributed by atoms with Gasteiger partial charge in [-0.25, -0.2) is 0 Å². The molecule has 1 aliphatic carbocycles. The van der Waals surface area contributed by atoms with Crippen LogP contribution in [0.25, 0.3) is 0 Å². The first-order chi connectivity index (χ1) is 8.34. The SMILES string of the molecule is CCCC1=CC(C)(Br)C=CC(C(=N)N=C(N)N)=C1. The second-order valence-electron chi connectivity index (χ2n) is 4.44. The van der Waals surface area contributed by atoms with Crippen molar-refractivity contribution in [2.45, 2.75) is 31.0 Å². The van der Waals surface area contributed by atoms with Crippen molar-refractivity contribution in [2.75, 3.05) is 0 Å². The standard InChI is InChI=1S/C13H19BrN4/c1-3-4-9-7-10(11(15)18-12(16)17)5-6-13(2,14)8-9/h5-8H,3-4H2,1-2H3,(H5,15,16,17,18). The number of amidine groups is 1. The summed E-state index contributed by atoms with van der Waals surface area (Å²) in [5.74, 6) is -0.0142. The van der Waals surface area contributed by atoms with Crippen LogP contribution in [0.3, 0.4) is 0 Å². The molecule has 1 rings (SSSR count). The lowest BCUT2D eigenvalue weighted by molar-refractivity contribution is 0.906. The van der Waals surface area contributed by atoms with Crippen molar-refractivity contribution in [2.24, 2.45) is 16.5 Å². The summed E-state index contributed by atoms with van der Waals surface area (Å²) in [6.45, 7) is 4.18. The van der Waals surface area contributed by atoms with Gasteiger partial charge in [0.05, 0.1) is 4.32 Å². The lowest BCUT2D eigenvalue weighted by Crippen LogP contribution is -2.24. The number of hydrogen-bond donors (Lipinski definition) is 3. The van der Waals surface area contributed by atoms with Gasteiger partial charge in [-0.05, 0) is 25.0 Å². The molecule has 0 saturated carbocycles. The third-order valence-corrected chi connectivity index (χ3v) is 2.94. The Labute approximate surface area is 116 Å². The number of halogens is 1. The fraction of sp³-hybridized carbons (Fsp3) is 0.385. The topological polar surface area (TPSA) is 88.2 Å². The van der Waals surface area contributed by atoms with Crippen LogP contribution in [0.15, 0.2) is 40.4 Å². The Kier molecular flexibility index (Phi) is 4.90. The zero-order valence-electron chi connectivity index (χ0n) is 10.7. The third kappa shape index (κ3) is 4.49. The van der Waals surface area contributed by atoms with Crippen LogP contribution in [-0.2, 0) is 0 Å². The van der Waals surface area contributed by atoms with E-state index in [9.17, 15) is 0 Å². The molecule has 0 aromatic carbocycles. The first-order valence-electron chi connectivity index (χ1n) is 5.84. The van der Waals surface area contributed by atoms with E-state index in [-0.39, 0.29) is 16.1 Å². The molecular formula is C13H19BrN4. The van der Waals surface area contributed by atoms with Crippen molar-refractivity contribution in [3.63, 3.8) is 0 Å². The molecular weight excluding hydrogens is 292 g/mol. The van der Waals surface area contributed by atoms with E-state index in [4.69, 9.17) is 16.9 Å². The Hall–Kier alpha value is -1.36. The van der Waals surface area contributed by atoms with Crippen molar-refractivity contribution < 1.29 is 0 Å². The van der Waals surface area contributed by atoms with Crippen molar-refractivity contribution >= 4 is 27.7 Å². The van der Waals surface area contributed by atoms with Crippen molar-refractivity contribution in [3.8, 4) is 0 Å². The number of aliphatic imine (C=N–C) groups is 1. The van der Waals surface area contributed by atoms with Crippen LogP contribution in [-0.4, -0.2) is 16.1 Å². The molecule has 98 valence electrons. The van der Waals surface area contributed by atoms with Gasteiger partial charge in [0.2, 0.25) is 0 Å². The molecule has 0 heterocycles. The number of hydrogen-bond acceptors (Lipinski definition) is 1. The molecule has 0 aliphatic heterocycles. The van der Waals surface area contributed by atoms with Gasteiger partial charge >= 0.3 is 0 Å². The first kappa shape index (κ1) is 14.7. The molecule has 18 heavy (non-hydrogen) atoms. The monoisotopic (exact) mass is 310 g/mol. The largest absolute Gasteiger partial charge is 0.370 e. The van der Waals surface area contributed by atoms with Crippen molar-refractivity contribution in [3.05, 3.63) is 35.5 Å². The quantitative estimate of drug-likeness (QED) is 0.425. The van der Waals surface area contributed by atoms with E-state index in [1.165, 1.54) is 5.57 Å². The van der Waals surface area contributed by atoms with Crippen LogP contribution in [0.4, 0.5) is 0 Å². The van der Waals surface area contributed by atoms with E-state index in [2.05, 4.69) is 40.8 Å². The number of guanidine groups is 1. The summed E-state index contributed by atoms with van der Waals surface area (Å²) in [6, 6.07) is 0. The fourth-order valence-electron chi connectivity index (χ4n) is 1.73. The van der Waals surface area contributed by atoms with Crippen molar-refractivity contribution in [1.82, 2.24) is 0 Å². The normalized spacial score (nSPS) is 22.8. The molecule has 1 unspecified atom stereocenters. The molecule has 1 aliphatic rings. The second-order valence-corrected chi connectivity index (χ2v) is 6.15. The highest BCUT2D eigenvalue weighted by molar-refractivity contribution is 9.10. The van der Waals surface area contributed by atoms with E-state index in [1.807, 2.05) is 18.2 Å². The molecule has 1 atom stereocenters. The van der Waals surface area contributed by atoms with Crippen LogP contribution in [0, 0.1) is 5.41 Å². The van der Waals surface area contributed by atoms with Gasteiger partial charge in [0.15, 0.2) is 11.8 Å². The number of alkyl halides is 1. The molecule has 0 aromatic heterocycles. The summed E-state index contributed by atoms with van der Waals surface area (Å²) in [5.41, 5.74) is 12.5. The maximum absolute atomic E-state index is 7.85. The Bertz CT molecular complexity index is 452. The second kappa shape index (κ2) is 6.00. The maximum atomic E-state index is 7.85. The van der Waals surface area contributed by atoms with E-state index in [1.54, 1.807) is 0 Å². The lowest BCUT2D eigenvalue weighted by Gasteiger charge is -2.12. The van der Waals surface area contributed by atoms with Crippen LogP contribution in [0.5, 0.6) is 0 Å². The van der Waals surface area contributed by atoms with Gasteiger partial charge in [0, 0.05) is 5.57 Å². The van der Waals surface area contributed by atoms with Crippen LogP contribution in [0.2, 0.25) is 0 Å². The highest BCUT2D eigenvalue weighted by Crippen LogP contribution is 2.28. The highest BCUT2D eigenvalue weighted by Gasteiger charge is 2.17. The summed E-state index contributed by atoms with van der Waals surface area (Å²) >= 11 is 3.63. The predicted molar refractivity (Wildman–Crippen MR) is 81.1 cm³/mol. The molecule has 5 heteroatoms. The summed E-state index contributed by atoms with van der Waals surface area (Å²) in [4.78, 5) is 3.78. The molecule has 4 nitrogen and oxygen atoms in total. The zero-order chi connectivity index (χ0) is 13.8. The first-order valence-corrected chi connectivity index (χ1v) is 6.63. The van der Waals surface area contributed by atoms with Gasteiger partial charge in [-0.15, -0.1) is 0 Å². The number of nitrogens with one attached hydrogen (secondary N) is 1. The van der Waals surface area contributed by atoms with Gasteiger partial charge < -0.3 is 11.5 Å². The predicted octanol–water partition coefficient (Wildman–Crippen LogP) is 2.61. The summed E-state index contributed by atoms with van der Waals surface area (Å²) in [6.07, 6.45) is 9.96. The van der Waals surface area contributed by atoms with E-state index in [0.29, 0.717) is 5.57 Å². The molecule has 0 spiro atoms. The van der Waals surface area contributed by atoms with E-state index in [0.717, 1.165) is 12.8 Å². The smallest absolute Gasteiger partial charge is 0.192 e. The van der Waals surface area contributed by atoms with Gasteiger partial charge in [-0.1, -0.05) is 47.5 Å². The molecule has 0 radical (unpaired) electrons. The van der Waals surface area contributed by atoms with Gasteiger partial charge in [0.1, 0.15) is 0 Å². The maximum Gasteiger partial charge on any atom is 0.192 e. The average molecular weight is 311 g/mol. The molecule has 0 amide bonds. The Morgan fingerprint density at radius 2 is 2.17 bits per heavy atom. The molecule has 0 saturated heterocycles. The minimum atomic E-state index is -0.200. The number of nitrogens with two attached hydrogens (primary N) is 2. The molecule has 0 bridgehead atoms. The summed E-state index contributed by atoms with van der Waals surface area (Å²) < 4.78 is -0.200. The molecule has 0 fully saturated rings. The number of allylic oxidation sites excluding steroid dienone is 4.